The molecule has 0 spiro atoms. The van der Waals surface area contributed by atoms with Gasteiger partial charge in [-0.2, -0.15) is 5.21 Å². The zero-order valence-corrected chi connectivity index (χ0v) is 11.5. The Hall–Kier alpha value is -2.61. The molecule has 0 saturated carbocycles. The zero-order chi connectivity index (χ0) is 14.5. The van der Waals surface area contributed by atoms with Gasteiger partial charge in [-0.3, -0.25) is 10.3 Å². The molecule has 1 aromatic heterocycles. The van der Waals surface area contributed by atoms with E-state index in [0.717, 1.165) is 22.5 Å². The van der Waals surface area contributed by atoms with Gasteiger partial charge in [0.1, 0.15) is 11.7 Å². The topological polar surface area (TPSA) is 88.3 Å². The summed E-state index contributed by atoms with van der Waals surface area (Å²) in [7, 11) is 0. The molecule has 0 fully saturated rings. The largest absolute Gasteiger partial charge is 0.514 e. The second-order valence-electron chi connectivity index (χ2n) is 3.93. The van der Waals surface area contributed by atoms with E-state index in [1.54, 1.807) is 12.1 Å². The minimum absolute atomic E-state index is 0.0276. The van der Waals surface area contributed by atoms with Gasteiger partial charge in [0, 0.05) is 0 Å². The maximum absolute atomic E-state index is 11.5. The summed E-state index contributed by atoms with van der Waals surface area (Å²) in [6, 6.07) is 13.2. The van der Waals surface area contributed by atoms with Crippen LogP contribution < -0.4 is 9.84 Å². The van der Waals surface area contributed by atoms with Crippen LogP contribution in [0.25, 0.3) is 10.8 Å². The van der Waals surface area contributed by atoms with Crippen LogP contribution in [0.15, 0.2) is 47.6 Å². The maximum Gasteiger partial charge on any atom is 0.514 e. The summed E-state index contributed by atoms with van der Waals surface area (Å²) in [4.78, 5) is 11.5. The Morgan fingerprint density at radius 2 is 2.05 bits per heavy atom. The number of ether oxygens (including phenoxy) is 2. The minimum atomic E-state index is -0.787. The Morgan fingerprint density at radius 1 is 1.19 bits per heavy atom. The monoisotopic (exact) mass is 301 g/mol. The number of hydrogen-bond acceptors (Lipinski definition) is 7. The van der Waals surface area contributed by atoms with Gasteiger partial charge in [-0.25, -0.2) is 4.79 Å². The molecule has 0 amide bonds. The van der Waals surface area contributed by atoms with E-state index in [-0.39, 0.29) is 5.94 Å². The van der Waals surface area contributed by atoms with Crippen molar-refractivity contribution in [3.8, 4) is 5.75 Å². The van der Waals surface area contributed by atoms with Crippen molar-refractivity contribution in [1.29, 1.82) is 0 Å². The average molecular weight is 301 g/mol. The smallest absolute Gasteiger partial charge is 0.423 e. The summed E-state index contributed by atoms with van der Waals surface area (Å²) in [6.07, 6.45) is -0.787. The summed E-state index contributed by atoms with van der Waals surface area (Å²) in [5.74, 6) is 0.455. The van der Waals surface area contributed by atoms with Crippen molar-refractivity contribution in [3.05, 3.63) is 42.5 Å². The van der Waals surface area contributed by atoms with E-state index in [0.29, 0.717) is 10.9 Å². The fourth-order valence-electron chi connectivity index (χ4n) is 1.68. The number of fused-ring (bicyclic) bond motifs is 1. The molecule has 0 bridgehead atoms. The molecule has 0 atom stereocenters. The highest BCUT2D eigenvalue weighted by atomic mass is 32.2. The van der Waals surface area contributed by atoms with Crippen molar-refractivity contribution >= 4 is 28.7 Å². The Kier molecular flexibility index (Phi) is 3.97. The Morgan fingerprint density at radius 3 is 2.86 bits per heavy atom. The van der Waals surface area contributed by atoms with E-state index in [4.69, 9.17) is 9.47 Å². The Balaban J connectivity index is 1.55. The lowest BCUT2D eigenvalue weighted by molar-refractivity contribution is 0.116. The highest BCUT2D eigenvalue weighted by molar-refractivity contribution is 7.99. The van der Waals surface area contributed by atoms with Crippen molar-refractivity contribution in [1.82, 2.24) is 20.6 Å². The first-order valence-electron chi connectivity index (χ1n) is 5.96. The fraction of sp³-hybridized carbons (Fsp3) is 0.0769. The van der Waals surface area contributed by atoms with Crippen LogP contribution in [-0.2, 0) is 4.74 Å². The molecular formula is C13H9N4O3S-. The van der Waals surface area contributed by atoms with Gasteiger partial charge >= 0.3 is 6.16 Å². The second-order valence-corrected chi connectivity index (χ2v) is 4.82. The highest BCUT2D eigenvalue weighted by Gasteiger charge is 2.06. The van der Waals surface area contributed by atoms with E-state index in [9.17, 15) is 4.79 Å². The Bertz CT molecular complexity index is 748. The number of nitrogens with zero attached hydrogens (tertiary/aromatic N) is 4. The number of hydrogen-bond donors (Lipinski definition) is 0. The molecule has 1 heterocycles. The first-order chi connectivity index (χ1) is 10.3. The molecular weight excluding hydrogens is 292 g/mol. The van der Waals surface area contributed by atoms with Crippen LogP contribution in [0.5, 0.6) is 5.75 Å². The molecule has 0 aliphatic carbocycles. The summed E-state index contributed by atoms with van der Waals surface area (Å²) in [5.41, 5.74) is 0. The van der Waals surface area contributed by atoms with E-state index in [2.05, 4.69) is 20.6 Å². The van der Waals surface area contributed by atoms with Crippen molar-refractivity contribution in [3.63, 3.8) is 0 Å². The van der Waals surface area contributed by atoms with Crippen LogP contribution in [0.3, 0.4) is 0 Å². The number of tetrazole rings is 1. The molecule has 0 radical (unpaired) electrons. The highest BCUT2D eigenvalue weighted by Crippen LogP contribution is 2.21. The zero-order valence-electron chi connectivity index (χ0n) is 10.7. The SMILES string of the molecule is O=C(OCSc1nnn[n-]1)Oc1ccc2ccccc2c1. The van der Waals surface area contributed by atoms with E-state index < -0.39 is 6.16 Å². The maximum atomic E-state index is 11.5. The molecule has 0 N–H and O–H groups in total. The number of aromatic nitrogens is 4. The molecule has 8 heteroatoms. The molecule has 0 aliphatic heterocycles. The minimum Gasteiger partial charge on any atom is -0.423 e. The third kappa shape index (κ3) is 3.48. The molecule has 2 aromatic carbocycles. The molecule has 0 saturated heterocycles. The van der Waals surface area contributed by atoms with Crippen LogP contribution in [0, 0.1) is 0 Å². The summed E-state index contributed by atoms with van der Waals surface area (Å²) >= 11 is 1.10. The first kappa shape index (κ1) is 13.4. The van der Waals surface area contributed by atoms with Gasteiger partial charge in [-0.15, -0.1) is 0 Å². The lowest BCUT2D eigenvalue weighted by Crippen LogP contribution is -2.10. The lowest BCUT2D eigenvalue weighted by Gasteiger charge is -2.06. The van der Waals surface area contributed by atoms with Crippen LogP contribution in [-0.4, -0.2) is 27.6 Å². The number of carbonyl (C=O) groups is 1. The van der Waals surface area contributed by atoms with Crippen molar-refractivity contribution in [2.45, 2.75) is 5.16 Å². The second kappa shape index (κ2) is 6.23. The molecule has 0 aliphatic rings. The van der Waals surface area contributed by atoms with Crippen LogP contribution >= 0.6 is 11.8 Å². The van der Waals surface area contributed by atoms with Gasteiger partial charge in [0.2, 0.25) is 0 Å². The molecule has 3 aromatic rings. The van der Waals surface area contributed by atoms with Gasteiger partial charge in [0.25, 0.3) is 0 Å². The fourth-order valence-corrected chi connectivity index (χ4v) is 2.13. The predicted molar refractivity (Wildman–Crippen MR) is 74.9 cm³/mol. The summed E-state index contributed by atoms with van der Waals surface area (Å²) in [5, 5.41) is 16.2. The van der Waals surface area contributed by atoms with Crippen molar-refractivity contribution in [2.24, 2.45) is 0 Å². The van der Waals surface area contributed by atoms with E-state index in [1.165, 1.54) is 0 Å². The van der Waals surface area contributed by atoms with Crippen molar-refractivity contribution in [2.75, 3.05) is 5.94 Å². The molecule has 0 unspecified atom stereocenters. The van der Waals surface area contributed by atoms with Gasteiger partial charge < -0.3 is 14.6 Å². The lowest BCUT2D eigenvalue weighted by atomic mass is 10.1. The molecule has 7 nitrogen and oxygen atoms in total. The van der Waals surface area contributed by atoms with E-state index >= 15 is 0 Å². The first-order valence-corrected chi connectivity index (χ1v) is 6.95. The van der Waals surface area contributed by atoms with Gasteiger partial charge in [-0.05, 0) is 22.9 Å². The van der Waals surface area contributed by atoms with E-state index in [1.807, 2.05) is 30.3 Å². The third-order valence-corrected chi connectivity index (χ3v) is 3.24. The number of benzene rings is 2. The molecule has 21 heavy (non-hydrogen) atoms. The number of rotatable bonds is 4. The Labute approximate surface area is 123 Å². The standard InChI is InChI=1S/C13H9N4O3S/c18-13(19-8-21-12-14-16-17-15-12)20-11-6-5-9-3-1-2-4-10(9)7-11/h1-7H,8H2/q-1. The quantitative estimate of drug-likeness (QED) is 0.314. The van der Waals surface area contributed by atoms with Crippen LogP contribution in [0.1, 0.15) is 0 Å². The third-order valence-electron chi connectivity index (χ3n) is 2.59. The van der Waals surface area contributed by atoms with Gasteiger partial charge in [0.15, 0.2) is 0 Å². The van der Waals surface area contributed by atoms with Gasteiger partial charge in [0.05, 0.1) is 5.16 Å². The van der Waals surface area contributed by atoms with Gasteiger partial charge in [-0.1, -0.05) is 42.1 Å². The summed E-state index contributed by atoms with van der Waals surface area (Å²) in [6.45, 7) is 0. The van der Waals surface area contributed by atoms with Crippen molar-refractivity contribution < 1.29 is 14.3 Å². The predicted octanol–water partition coefficient (Wildman–Crippen LogP) is 2.25. The number of carbonyl (C=O) groups excluding carboxylic acids is 1. The summed E-state index contributed by atoms with van der Waals surface area (Å²) < 4.78 is 9.99. The normalized spacial score (nSPS) is 10.5. The van der Waals surface area contributed by atoms with Crippen LogP contribution in [0.2, 0.25) is 0 Å². The molecule has 106 valence electrons. The molecule has 3 rings (SSSR count). The number of thioether (sulfide) groups is 1. The average Bonchev–Trinajstić information content (AvgIpc) is 3.00. The van der Waals surface area contributed by atoms with Crippen LogP contribution in [0.4, 0.5) is 4.79 Å².